The number of amides is 1. The van der Waals surface area contributed by atoms with Crippen molar-refractivity contribution < 1.29 is 13.9 Å². The average Bonchev–Trinajstić information content (AvgIpc) is 2.70. The minimum Gasteiger partial charge on any atom is -0.388 e. The number of rotatable bonds is 8. The van der Waals surface area contributed by atoms with Gasteiger partial charge in [-0.25, -0.2) is 4.79 Å². The average molecular weight is 424 g/mol. The first-order valence-corrected chi connectivity index (χ1v) is 10.4. The molecule has 0 saturated carbocycles. The predicted molar refractivity (Wildman–Crippen MR) is 122 cm³/mol. The summed E-state index contributed by atoms with van der Waals surface area (Å²) in [4.78, 5) is 31.6. The lowest BCUT2D eigenvalue weighted by Crippen LogP contribution is -2.38. The van der Waals surface area contributed by atoms with E-state index >= 15 is 0 Å². The lowest BCUT2D eigenvalue weighted by molar-refractivity contribution is -0.121. The zero-order valence-corrected chi connectivity index (χ0v) is 18.6. The number of nitrogens with zero attached hydrogens (tertiary/aromatic N) is 2. The highest BCUT2D eigenvalue weighted by Gasteiger charge is 2.21. The molecule has 0 unspecified atom stereocenters. The van der Waals surface area contributed by atoms with E-state index in [1.807, 2.05) is 62.9 Å². The van der Waals surface area contributed by atoms with Crippen molar-refractivity contribution in [1.82, 2.24) is 4.98 Å². The number of hydrogen-bond donors (Lipinski definition) is 1. The molecule has 2 aromatic carbocycles. The van der Waals surface area contributed by atoms with Gasteiger partial charge in [0.2, 0.25) is 5.91 Å². The molecule has 0 aliphatic heterocycles. The molecule has 7 heteroatoms. The molecule has 3 rings (SSSR count). The summed E-state index contributed by atoms with van der Waals surface area (Å²) in [5.74, 6) is -0.293. The van der Waals surface area contributed by atoms with E-state index in [0.717, 1.165) is 5.56 Å². The maximum atomic E-state index is 12.8. The van der Waals surface area contributed by atoms with Crippen molar-refractivity contribution in [3.05, 3.63) is 64.0 Å². The third kappa shape index (κ3) is 5.30. The standard InChI is InChI=1S/C24H29N3O4/c1-15(2)27(16(3)4)24-26-20-12-11-19(17(5)22(20)23(29)31-24)25-21(28)14-30-13-18-9-7-6-8-10-18/h6-12,15-16H,13-14H2,1-5H3,(H,25,28). The second-order valence-electron chi connectivity index (χ2n) is 8.04. The summed E-state index contributed by atoms with van der Waals surface area (Å²) in [6.45, 7) is 10.1. The van der Waals surface area contributed by atoms with Crippen LogP contribution in [0.5, 0.6) is 0 Å². The zero-order chi connectivity index (χ0) is 22.5. The van der Waals surface area contributed by atoms with E-state index in [1.54, 1.807) is 19.1 Å². The fourth-order valence-electron chi connectivity index (χ4n) is 3.61. The molecule has 1 aromatic heterocycles. The minimum atomic E-state index is -0.472. The van der Waals surface area contributed by atoms with Gasteiger partial charge in [-0.3, -0.25) is 4.79 Å². The molecule has 0 spiro atoms. The number of aromatic nitrogens is 1. The molecule has 0 bridgehead atoms. The maximum absolute atomic E-state index is 12.8. The molecule has 0 aliphatic carbocycles. The van der Waals surface area contributed by atoms with Crippen molar-refractivity contribution in [3.8, 4) is 0 Å². The molecule has 164 valence electrons. The van der Waals surface area contributed by atoms with E-state index in [2.05, 4.69) is 10.3 Å². The smallest absolute Gasteiger partial charge is 0.348 e. The number of nitrogens with one attached hydrogen (secondary N) is 1. The number of fused-ring (bicyclic) bond motifs is 1. The normalized spacial score (nSPS) is 11.3. The summed E-state index contributed by atoms with van der Waals surface area (Å²) < 4.78 is 11.0. The number of benzene rings is 2. The number of aryl methyl sites for hydroxylation is 1. The van der Waals surface area contributed by atoms with Crippen LogP contribution in [0.2, 0.25) is 0 Å². The maximum Gasteiger partial charge on any atom is 0.348 e. The predicted octanol–water partition coefficient (Wildman–Crippen LogP) is 4.27. The molecule has 3 aromatic rings. The summed E-state index contributed by atoms with van der Waals surface area (Å²) in [7, 11) is 0. The number of anilines is 2. The van der Waals surface area contributed by atoms with Gasteiger partial charge in [0, 0.05) is 17.8 Å². The first kappa shape index (κ1) is 22.5. The molecular weight excluding hydrogens is 394 g/mol. The molecule has 0 fully saturated rings. The lowest BCUT2D eigenvalue weighted by Gasteiger charge is -2.29. The van der Waals surface area contributed by atoms with Crippen LogP contribution < -0.4 is 15.8 Å². The fourth-order valence-corrected chi connectivity index (χ4v) is 3.61. The Kier molecular flexibility index (Phi) is 7.07. The van der Waals surface area contributed by atoms with Crippen LogP contribution >= 0.6 is 0 Å². The Morgan fingerprint density at radius 3 is 2.42 bits per heavy atom. The second-order valence-corrected chi connectivity index (χ2v) is 8.04. The first-order chi connectivity index (χ1) is 14.8. The number of carbonyl (C=O) groups is 1. The molecule has 1 amide bonds. The highest BCUT2D eigenvalue weighted by Crippen LogP contribution is 2.25. The van der Waals surface area contributed by atoms with Crippen LogP contribution in [0.3, 0.4) is 0 Å². The SMILES string of the molecule is Cc1c(NC(=O)COCc2ccccc2)ccc2nc(N(C(C)C)C(C)C)oc(=O)c12. The number of ether oxygens (including phenoxy) is 1. The minimum absolute atomic E-state index is 0.0874. The largest absolute Gasteiger partial charge is 0.388 e. The Balaban J connectivity index is 1.77. The molecule has 1 N–H and O–H groups in total. The van der Waals surface area contributed by atoms with Crippen LogP contribution in [0.1, 0.15) is 38.8 Å². The third-order valence-electron chi connectivity index (χ3n) is 5.00. The van der Waals surface area contributed by atoms with E-state index in [4.69, 9.17) is 9.15 Å². The van der Waals surface area contributed by atoms with Crippen LogP contribution in [-0.2, 0) is 16.1 Å². The summed E-state index contributed by atoms with van der Waals surface area (Å²) >= 11 is 0. The molecule has 31 heavy (non-hydrogen) atoms. The topological polar surface area (TPSA) is 84.7 Å². The zero-order valence-electron chi connectivity index (χ0n) is 18.6. The van der Waals surface area contributed by atoms with Crippen LogP contribution in [0.4, 0.5) is 11.7 Å². The Morgan fingerprint density at radius 2 is 1.77 bits per heavy atom. The molecule has 7 nitrogen and oxygen atoms in total. The van der Waals surface area contributed by atoms with E-state index in [1.165, 1.54) is 0 Å². The van der Waals surface area contributed by atoms with E-state index < -0.39 is 5.63 Å². The quantitative estimate of drug-likeness (QED) is 0.582. The van der Waals surface area contributed by atoms with E-state index in [9.17, 15) is 9.59 Å². The Morgan fingerprint density at radius 1 is 1.10 bits per heavy atom. The van der Waals surface area contributed by atoms with Crippen molar-refractivity contribution in [3.63, 3.8) is 0 Å². The summed E-state index contributed by atoms with van der Waals surface area (Å²) in [6, 6.07) is 13.7. The van der Waals surface area contributed by atoms with Gasteiger partial charge in [-0.1, -0.05) is 30.3 Å². The van der Waals surface area contributed by atoms with Gasteiger partial charge in [0.05, 0.1) is 17.5 Å². The van der Waals surface area contributed by atoms with E-state index in [0.29, 0.717) is 34.8 Å². The van der Waals surface area contributed by atoms with Gasteiger partial charge in [0.1, 0.15) is 6.61 Å². The summed E-state index contributed by atoms with van der Waals surface area (Å²) in [5, 5.41) is 3.17. The number of carbonyl (C=O) groups excluding carboxylic acids is 1. The molecule has 1 heterocycles. The lowest BCUT2D eigenvalue weighted by atomic mass is 10.1. The third-order valence-corrected chi connectivity index (χ3v) is 5.00. The van der Waals surface area contributed by atoms with Gasteiger partial charge < -0.3 is 19.4 Å². The molecule has 0 saturated heterocycles. The van der Waals surface area contributed by atoms with Crippen LogP contribution in [0, 0.1) is 6.92 Å². The van der Waals surface area contributed by atoms with Gasteiger partial charge in [-0.05, 0) is 57.9 Å². The first-order valence-electron chi connectivity index (χ1n) is 10.4. The summed E-state index contributed by atoms with van der Waals surface area (Å²) in [5.41, 5.74) is 2.21. The Labute approximate surface area is 182 Å². The Hall–Kier alpha value is -3.19. The highest BCUT2D eigenvalue weighted by atomic mass is 16.5. The van der Waals surface area contributed by atoms with Gasteiger partial charge in [0.25, 0.3) is 0 Å². The van der Waals surface area contributed by atoms with Crippen molar-refractivity contribution >= 4 is 28.5 Å². The van der Waals surface area contributed by atoms with E-state index in [-0.39, 0.29) is 24.6 Å². The van der Waals surface area contributed by atoms with Gasteiger partial charge in [0.15, 0.2) is 0 Å². The monoisotopic (exact) mass is 423 g/mol. The summed E-state index contributed by atoms with van der Waals surface area (Å²) in [6.07, 6.45) is 0. The number of hydrogen-bond acceptors (Lipinski definition) is 6. The van der Waals surface area contributed by atoms with Gasteiger partial charge >= 0.3 is 11.6 Å². The molecule has 0 atom stereocenters. The van der Waals surface area contributed by atoms with Crippen molar-refractivity contribution in [2.45, 2.75) is 53.3 Å². The second kappa shape index (κ2) is 9.75. The van der Waals surface area contributed by atoms with Crippen molar-refractivity contribution in [2.24, 2.45) is 0 Å². The van der Waals surface area contributed by atoms with Gasteiger partial charge in [-0.15, -0.1) is 0 Å². The molecule has 0 radical (unpaired) electrons. The van der Waals surface area contributed by atoms with Crippen molar-refractivity contribution in [2.75, 3.05) is 16.8 Å². The fraction of sp³-hybridized carbons (Fsp3) is 0.375. The molecular formula is C24H29N3O4. The molecule has 0 aliphatic rings. The van der Waals surface area contributed by atoms with Crippen LogP contribution in [0.15, 0.2) is 51.7 Å². The van der Waals surface area contributed by atoms with Gasteiger partial charge in [-0.2, -0.15) is 4.98 Å². The van der Waals surface area contributed by atoms with Crippen molar-refractivity contribution in [1.29, 1.82) is 0 Å². The van der Waals surface area contributed by atoms with Crippen LogP contribution in [-0.4, -0.2) is 29.6 Å². The Bertz CT molecular complexity index is 1100. The highest BCUT2D eigenvalue weighted by molar-refractivity contribution is 5.96. The van der Waals surface area contributed by atoms with Crippen LogP contribution in [0.25, 0.3) is 10.9 Å².